The fraction of sp³-hybridized carbons (Fsp3) is 0.643. The summed E-state index contributed by atoms with van der Waals surface area (Å²) in [5.41, 5.74) is 0.0394. The Labute approximate surface area is 117 Å². The summed E-state index contributed by atoms with van der Waals surface area (Å²) in [5.74, 6) is 0.587. The van der Waals surface area contributed by atoms with E-state index in [4.69, 9.17) is 4.52 Å². The largest absolute Gasteiger partial charge is 0.359 e. The minimum absolute atomic E-state index is 0.122. The van der Waals surface area contributed by atoms with E-state index >= 15 is 0 Å². The number of carbonyl (C=O) groups excluding carboxylic acids is 2. The number of aryl methyl sites for hydroxylation is 1. The standard InChI is InChI=1S/C14H19N3O3/c1-9-5-3-4-6-14(9)12(18)17(13(19)15-14)8-11-7-10(2)16-20-11/h7,9H,3-6,8H2,1-2H3,(H,15,19)/t9-,14+/m1/s1. The average molecular weight is 277 g/mol. The van der Waals surface area contributed by atoms with E-state index in [9.17, 15) is 9.59 Å². The number of nitrogens with one attached hydrogen (secondary N) is 1. The number of rotatable bonds is 2. The van der Waals surface area contributed by atoms with Crippen LogP contribution < -0.4 is 5.32 Å². The first kappa shape index (κ1) is 13.1. The van der Waals surface area contributed by atoms with Crippen molar-refractivity contribution in [2.75, 3.05) is 0 Å². The summed E-state index contributed by atoms with van der Waals surface area (Å²) in [6.45, 7) is 4.00. The Morgan fingerprint density at radius 3 is 2.95 bits per heavy atom. The first-order valence-corrected chi connectivity index (χ1v) is 7.09. The maximum atomic E-state index is 12.7. The van der Waals surface area contributed by atoms with Crippen LogP contribution in [0, 0.1) is 12.8 Å². The van der Waals surface area contributed by atoms with Crippen LogP contribution >= 0.6 is 0 Å². The van der Waals surface area contributed by atoms with E-state index in [0.29, 0.717) is 5.76 Å². The van der Waals surface area contributed by atoms with Gasteiger partial charge in [-0.05, 0) is 25.7 Å². The molecule has 3 amide bonds. The Morgan fingerprint density at radius 2 is 2.30 bits per heavy atom. The van der Waals surface area contributed by atoms with Crippen molar-refractivity contribution >= 4 is 11.9 Å². The summed E-state index contributed by atoms with van der Waals surface area (Å²) in [4.78, 5) is 26.1. The fourth-order valence-corrected chi connectivity index (χ4v) is 3.29. The zero-order valence-electron chi connectivity index (χ0n) is 11.8. The van der Waals surface area contributed by atoms with Gasteiger partial charge in [0.15, 0.2) is 5.76 Å². The van der Waals surface area contributed by atoms with Crippen LogP contribution in [-0.2, 0) is 11.3 Å². The Kier molecular flexibility index (Phi) is 3.03. The number of amides is 3. The number of urea groups is 1. The number of aromatic nitrogens is 1. The summed E-state index contributed by atoms with van der Waals surface area (Å²) in [6.07, 6.45) is 3.80. The molecule has 1 spiro atoms. The van der Waals surface area contributed by atoms with E-state index in [-0.39, 0.29) is 24.4 Å². The molecular formula is C14H19N3O3. The molecule has 1 N–H and O–H groups in total. The summed E-state index contributed by atoms with van der Waals surface area (Å²) in [6, 6.07) is 1.42. The number of imide groups is 1. The lowest BCUT2D eigenvalue weighted by Gasteiger charge is -2.36. The maximum absolute atomic E-state index is 12.7. The predicted octanol–water partition coefficient (Wildman–Crippen LogP) is 1.98. The van der Waals surface area contributed by atoms with Crippen LogP contribution in [0.4, 0.5) is 4.79 Å². The third kappa shape index (κ3) is 1.90. The molecule has 1 saturated heterocycles. The van der Waals surface area contributed by atoms with Crippen molar-refractivity contribution in [3.05, 3.63) is 17.5 Å². The summed E-state index contributed by atoms with van der Waals surface area (Å²) >= 11 is 0. The van der Waals surface area contributed by atoms with Gasteiger partial charge in [0.05, 0.1) is 12.2 Å². The molecule has 2 aliphatic rings. The summed E-state index contributed by atoms with van der Waals surface area (Å²) in [7, 11) is 0. The molecule has 1 aromatic heterocycles. The first-order chi connectivity index (χ1) is 9.53. The molecule has 1 aliphatic heterocycles. The molecule has 0 radical (unpaired) electrons. The number of hydrogen-bond acceptors (Lipinski definition) is 4. The topological polar surface area (TPSA) is 75.4 Å². The molecule has 0 unspecified atom stereocenters. The SMILES string of the molecule is Cc1cc(CN2C(=O)N[C@]3(CCCC[C@H]3C)C2=O)on1. The van der Waals surface area contributed by atoms with Gasteiger partial charge in [0, 0.05) is 6.07 Å². The van der Waals surface area contributed by atoms with E-state index in [0.717, 1.165) is 31.4 Å². The van der Waals surface area contributed by atoms with Gasteiger partial charge in [-0.2, -0.15) is 0 Å². The molecule has 6 nitrogen and oxygen atoms in total. The highest BCUT2D eigenvalue weighted by Gasteiger charge is 2.54. The highest BCUT2D eigenvalue weighted by Crippen LogP contribution is 2.38. The average Bonchev–Trinajstić information content (AvgIpc) is 2.92. The lowest BCUT2D eigenvalue weighted by atomic mass is 9.73. The van der Waals surface area contributed by atoms with Crippen molar-refractivity contribution in [1.29, 1.82) is 0 Å². The third-order valence-electron chi connectivity index (χ3n) is 4.49. The normalized spacial score (nSPS) is 30.1. The fourth-order valence-electron chi connectivity index (χ4n) is 3.29. The molecule has 1 saturated carbocycles. The zero-order valence-corrected chi connectivity index (χ0v) is 11.8. The van der Waals surface area contributed by atoms with Crippen LogP contribution in [0.1, 0.15) is 44.1 Å². The number of nitrogens with zero attached hydrogens (tertiary/aromatic N) is 2. The van der Waals surface area contributed by atoms with Gasteiger partial charge in [-0.1, -0.05) is 24.9 Å². The highest BCUT2D eigenvalue weighted by molar-refractivity contribution is 6.07. The van der Waals surface area contributed by atoms with Crippen molar-refractivity contribution in [3.63, 3.8) is 0 Å². The molecular weight excluding hydrogens is 258 g/mol. The first-order valence-electron chi connectivity index (χ1n) is 7.09. The van der Waals surface area contributed by atoms with E-state index < -0.39 is 5.54 Å². The van der Waals surface area contributed by atoms with E-state index in [2.05, 4.69) is 10.5 Å². The lowest BCUT2D eigenvalue weighted by molar-refractivity contribution is -0.134. The van der Waals surface area contributed by atoms with Gasteiger partial charge in [-0.3, -0.25) is 9.69 Å². The van der Waals surface area contributed by atoms with Gasteiger partial charge < -0.3 is 9.84 Å². The smallest absolute Gasteiger partial charge is 0.325 e. The van der Waals surface area contributed by atoms with Crippen LogP contribution in [-0.4, -0.2) is 27.5 Å². The molecule has 2 atom stereocenters. The van der Waals surface area contributed by atoms with Crippen LogP contribution in [0.3, 0.4) is 0 Å². The monoisotopic (exact) mass is 277 g/mol. The van der Waals surface area contributed by atoms with Gasteiger partial charge in [-0.25, -0.2) is 4.79 Å². The quantitative estimate of drug-likeness (QED) is 0.839. The zero-order chi connectivity index (χ0) is 14.3. The van der Waals surface area contributed by atoms with E-state index in [1.54, 1.807) is 6.07 Å². The maximum Gasteiger partial charge on any atom is 0.325 e. The molecule has 6 heteroatoms. The van der Waals surface area contributed by atoms with Crippen molar-refractivity contribution in [2.24, 2.45) is 5.92 Å². The van der Waals surface area contributed by atoms with Crippen molar-refractivity contribution in [3.8, 4) is 0 Å². The second-order valence-electron chi connectivity index (χ2n) is 5.87. The Balaban J connectivity index is 1.83. The van der Waals surface area contributed by atoms with Crippen LogP contribution in [0.15, 0.2) is 10.6 Å². The highest BCUT2D eigenvalue weighted by atomic mass is 16.5. The third-order valence-corrected chi connectivity index (χ3v) is 4.49. The van der Waals surface area contributed by atoms with Crippen molar-refractivity contribution < 1.29 is 14.1 Å². The van der Waals surface area contributed by atoms with E-state index in [1.807, 2.05) is 13.8 Å². The molecule has 0 aromatic carbocycles. The summed E-state index contributed by atoms with van der Waals surface area (Å²) < 4.78 is 5.10. The summed E-state index contributed by atoms with van der Waals surface area (Å²) in [5, 5.41) is 6.70. The molecule has 1 aromatic rings. The van der Waals surface area contributed by atoms with Crippen LogP contribution in [0.2, 0.25) is 0 Å². The minimum atomic E-state index is -0.704. The molecule has 0 bridgehead atoms. The number of hydrogen-bond donors (Lipinski definition) is 1. The van der Waals surface area contributed by atoms with E-state index in [1.165, 1.54) is 4.90 Å². The van der Waals surface area contributed by atoms with Gasteiger partial charge in [0.1, 0.15) is 5.54 Å². The van der Waals surface area contributed by atoms with Gasteiger partial charge in [0.2, 0.25) is 0 Å². The van der Waals surface area contributed by atoms with Gasteiger partial charge in [0.25, 0.3) is 5.91 Å². The Bertz CT molecular complexity index is 554. The number of carbonyl (C=O) groups is 2. The Hall–Kier alpha value is -1.85. The minimum Gasteiger partial charge on any atom is -0.359 e. The molecule has 1 aliphatic carbocycles. The van der Waals surface area contributed by atoms with Crippen LogP contribution in [0.5, 0.6) is 0 Å². The van der Waals surface area contributed by atoms with Gasteiger partial charge >= 0.3 is 6.03 Å². The molecule has 2 fully saturated rings. The second-order valence-corrected chi connectivity index (χ2v) is 5.87. The van der Waals surface area contributed by atoms with Crippen molar-refractivity contribution in [2.45, 2.75) is 51.6 Å². The molecule has 3 rings (SSSR count). The Morgan fingerprint density at radius 1 is 1.50 bits per heavy atom. The molecule has 2 heterocycles. The lowest BCUT2D eigenvalue weighted by Crippen LogP contribution is -2.53. The predicted molar refractivity (Wildman–Crippen MR) is 70.7 cm³/mol. The van der Waals surface area contributed by atoms with Crippen molar-refractivity contribution in [1.82, 2.24) is 15.4 Å². The van der Waals surface area contributed by atoms with Gasteiger partial charge in [-0.15, -0.1) is 0 Å². The molecule has 20 heavy (non-hydrogen) atoms. The van der Waals surface area contributed by atoms with Crippen LogP contribution in [0.25, 0.3) is 0 Å². The second kappa shape index (κ2) is 4.61. The molecule has 108 valence electrons.